The molecule has 6 heteroatoms. The van der Waals surface area contributed by atoms with Crippen LogP contribution in [0, 0.1) is 13.8 Å². The molecule has 2 N–H and O–H groups in total. The molecule has 29 heavy (non-hydrogen) atoms. The lowest BCUT2D eigenvalue weighted by atomic mass is 9.96. The summed E-state index contributed by atoms with van der Waals surface area (Å²) < 4.78 is 1.84. The zero-order valence-electron chi connectivity index (χ0n) is 16.9. The van der Waals surface area contributed by atoms with Gasteiger partial charge in [-0.15, -0.1) is 5.10 Å². The van der Waals surface area contributed by atoms with Gasteiger partial charge < -0.3 is 10.6 Å². The van der Waals surface area contributed by atoms with Crippen molar-refractivity contribution < 1.29 is 4.79 Å². The average Bonchev–Trinajstić information content (AvgIpc) is 3.23. The van der Waals surface area contributed by atoms with Gasteiger partial charge >= 0.3 is 0 Å². The van der Waals surface area contributed by atoms with E-state index in [1.807, 2.05) is 28.9 Å². The Bertz CT molecular complexity index is 945. The fourth-order valence-corrected chi connectivity index (χ4v) is 3.89. The molecule has 1 amide bonds. The molecule has 0 atom stereocenters. The van der Waals surface area contributed by atoms with Crippen LogP contribution in [-0.4, -0.2) is 34.0 Å². The fourth-order valence-electron chi connectivity index (χ4n) is 3.89. The second kappa shape index (κ2) is 8.57. The van der Waals surface area contributed by atoms with Crippen LogP contribution < -0.4 is 10.6 Å². The van der Waals surface area contributed by atoms with E-state index in [0.717, 1.165) is 48.2 Å². The zero-order chi connectivity index (χ0) is 20.2. The average molecular weight is 390 g/mol. The van der Waals surface area contributed by atoms with E-state index in [1.165, 1.54) is 0 Å². The first kappa shape index (κ1) is 19.3. The molecule has 0 bridgehead atoms. The van der Waals surface area contributed by atoms with E-state index in [1.54, 1.807) is 6.20 Å². The van der Waals surface area contributed by atoms with Crippen molar-refractivity contribution in [2.75, 3.05) is 13.1 Å². The number of benzene rings is 2. The highest BCUT2D eigenvalue weighted by Crippen LogP contribution is 2.24. The first-order chi connectivity index (χ1) is 14.1. The van der Waals surface area contributed by atoms with Crippen molar-refractivity contribution in [1.29, 1.82) is 0 Å². The number of aromatic nitrogens is 3. The monoisotopic (exact) mass is 389 g/mol. The molecule has 4 rings (SSSR count). The molecule has 2 aromatic carbocycles. The van der Waals surface area contributed by atoms with Gasteiger partial charge in [-0.05, 0) is 50.9 Å². The molecule has 1 saturated heterocycles. The summed E-state index contributed by atoms with van der Waals surface area (Å²) in [6.07, 6.45) is 3.77. The third-order valence-corrected chi connectivity index (χ3v) is 5.45. The Kier molecular flexibility index (Phi) is 5.71. The zero-order valence-corrected chi connectivity index (χ0v) is 16.9. The van der Waals surface area contributed by atoms with E-state index < -0.39 is 0 Å². The predicted molar refractivity (Wildman–Crippen MR) is 113 cm³/mol. The summed E-state index contributed by atoms with van der Waals surface area (Å²) in [4.78, 5) is 13.0. The Balaban J connectivity index is 1.59. The van der Waals surface area contributed by atoms with E-state index in [2.05, 4.69) is 59.1 Å². The minimum Gasteiger partial charge on any atom is -0.340 e. The minimum absolute atomic E-state index is 0.210. The maximum Gasteiger partial charge on any atom is 0.274 e. The molecule has 0 radical (unpaired) electrons. The molecule has 0 unspecified atom stereocenters. The molecule has 3 aromatic rings. The quantitative estimate of drug-likeness (QED) is 0.702. The fraction of sp³-hybridized carbons (Fsp3) is 0.348. The number of amides is 1. The Hall–Kier alpha value is -2.99. The van der Waals surface area contributed by atoms with Crippen molar-refractivity contribution >= 4 is 5.91 Å². The summed E-state index contributed by atoms with van der Waals surface area (Å²) in [6, 6.07) is 16.5. The number of hydrogen-bond acceptors (Lipinski definition) is 4. The van der Waals surface area contributed by atoms with Crippen molar-refractivity contribution in [3.63, 3.8) is 0 Å². The van der Waals surface area contributed by atoms with Crippen LogP contribution >= 0.6 is 0 Å². The second-order valence-corrected chi connectivity index (χ2v) is 7.80. The van der Waals surface area contributed by atoms with Crippen LogP contribution in [0.1, 0.15) is 57.7 Å². The van der Waals surface area contributed by atoms with Gasteiger partial charge in [-0.25, -0.2) is 4.68 Å². The molecule has 1 aliphatic heterocycles. The Labute approximate surface area is 171 Å². The van der Waals surface area contributed by atoms with E-state index in [9.17, 15) is 4.79 Å². The van der Waals surface area contributed by atoms with Crippen LogP contribution in [0.25, 0.3) is 0 Å². The number of aryl methyl sites for hydroxylation is 2. The van der Waals surface area contributed by atoms with Crippen molar-refractivity contribution in [3.05, 3.63) is 82.7 Å². The van der Waals surface area contributed by atoms with Crippen molar-refractivity contribution in [1.82, 2.24) is 25.6 Å². The van der Waals surface area contributed by atoms with Gasteiger partial charge in [0.05, 0.1) is 18.3 Å². The first-order valence-corrected chi connectivity index (χ1v) is 10.2. The van der Waals surface area contributed by atoms with Gasteiger partial charge in [0, 0.05) is 0 Å². The number of carbonyl (C=O) groups is 1. The minimum atomic E-state index is -0.244. The van der Waals surface area contributed by atoms with Gasteiger partial charge in [0.25, 0.3) is 5.91 Å². The van der Waals surface area contributed by atoms with E-state index in [-0.39, 0.29) is 11.9 Å². The van der Waals surface area contributed by atoms with Crippen LogP contribution in [0.3, 0.4) is 0 Å². The lowest BCUT2D eigenvalue weighted by Gasteiger charge is -2.22. The number of hydrogen-bond donors (Lipinski definition) is 2. The molecule has 0 saturated carbocycles. The Morgan fingerprint density at radius 2 is 1.69 bits per heavy atom. The molecule has 1 aromatic heterocycles. The summed E-state index contributed by atoms with van der Waals surface area (Å²) in [6.45, 7) is 6.05. The SMILES string of the molecule is Cc1cccc(C(NC(=O)c2cn(C3CCNCC3)nn2)c2cccc(C)c2)c1. The van der Waals surface area contributed by atoms with E-state index >= 15 is 0 Å². The van der Waals surface area contributed by atoms with Gasteiger partial charge in [0.1, 0.15) is 0 Å². The molecule has 150 valence electrons. The van der Waals surface area contributed by atoms with E-state index in [4.69, 9.17) is 0 Å². The number of rotatable bonds is 5. The van der Waals surface area contributed by atoms with Gasteiger partial charge in [0.2, 0.25) is 0 Å². The van der Waals surface area contributed by atoms with Crippen LogP contribution in [0.5, 0.6) is 0 Å². The van der Waals surface area contributed by atoms with E-state index in [0.29, 0.717) is 11.7 Å². The highest BCUT2D eigenvalue weighted by atomic mass is 16.2. The van der Waals surface area contributed by atoms with Crippen LogP contribution in [-0.2, 0) is 0 Å². The normalized spacial score (nSPS) is 14.9. The summed E-state index contributed by atoms with van der Waals surface area (Å²) in [5, 5.41) is 14.9. The third kappa shape index (κ3) is 4.54. The first-order valence-electron chi connectivity index (χ1n) is 10.2. The van der Waals surface area contributed by atoms with Crippen molar-refractivity contribution in [2.24, 2.45) is 0 Å². The maximum atomic E-state index is 13.0. The van der Waals surface area contributed by atoms with Gasteiger partial charge in [0.15, 0.2) is 5.69 Å². The summed E-state index contributed by atoms with van der Waals surface area (Å²) in [7, 11) is 0. The number of carbonyl (C=O) groups excluding carboxylic acids is 1. The highest BCUT2D eigenvalue weighted by Gasteiger charge is 2.22. The molecule has 2 heterocycles. The van der Waals surface area contributed by atoms with Gasteiger partial charge in [-0.3, -0.25) is 4.79 Å². The van der Waals surface area contributed by atoms with Gasteiger partial charge in [-0.2, -0.15) is 0 Å². The molecule has 0 aliphatic carbocycles. The topological polar surface area (TPSA) is 71.8 Å². The predicted octanol–water partition coefficient (Wildman–Crippen LogP) is 3.34. The maximum absolute atomic E-state index is 13.0. The standard InChI is InChI=1S/C23H27N5O/c1-16-5-3-7-18(13-16)22(19-8-4-6-17(2)14-19)25-23(29)21-15-28(27-26-21)20-9-11-24-12-10-20/h3-8,13-15,20,22,24H,9-12H2,1-2H3,(H,25,29). The van der Waals surface area contributed by atoms with Crippen LogP contribution in [0.15, 0.2) is 54.7 Å². The molecule has 6 nitrogen and oxygen atoms in total. The van der Waals surface area contributed by atoms with Crippen molar-refractivity contribution in [3.8, 4) is 0 Å². The molecular formula is C23H27N5O. The number of nitrogens with zero attached hydrogens (tertiary/aromatic N) is 3. The smallest absolute Gasteiger partial charge is 0.274 e. The second-order valence-electron chi connectivity index (χ2n) is 7.80. The lowest BCUT2D eigenvalue weighted by molar-refractivity contribution is 0.0937. The Morgan fingerprint density at radius 1 is 1.07 bits per heavy atom. The van der Waals surface area contributed by atoms with Crippen molar-refractivity contribution in [2.45, 2.75) is 38.8 Å². The summed E-state index contributed by atoms with van der Waals surface area (Å²) >= 11 is 0. The molecule has 1 fully saturated rings. The Morgan fingerprint density at radius 3 is 2.28 bits per heavy atom. The highest BCUT2D eigenvalue weighted by molar-refractivity contribution is 5.92. The lowest BCUT2D eigenvalue weighted by Crippen LogP contribution is -2.30. The van der Waals surface area contributed by atoms with Crippen LogP contribution in [0.2, 0.25) is 0 Å². The largest absolute Gasteiger partial charge is 0.340 e. The molecular weight excluding hydrogens is 362 g/mol. The summed E-state index contributed by atoms with van der Waals surface area (Å²) in [5.41, 5.74) is 4.77. The third-order valence-electron chi connectivity index (χ3n) is 5.45. The molecule has 0 spiro atoms. The molecule has 1 aliphatic rings. The van der Waals surface area contributed by atoms with Crippen LogP contribution in [0.4, 0.5) is 0 Å². The summed E-state index contributed by atoms with van der Waals surface area (Å²) in [5.74, 6) is -0.210. The van der Waals surface area contributed by atoms with Gasteiger partial charge in [-0.1, -0.05) is 64.9 Å². The number of piperidine rings is 1. The number of nitrogens with one attached hydrogen (secondary N) is 2.